The summed E-state index contributed by atoms with van der Waals surface area (Å²) in [6.45, 7) is 3.83. The van der Waals surface area contributed by atoms with Crippen LogP contribution in [0.2, 0.25) is 0 Å². The Balaban J connectivity index is 1.77. The lowest BCUT2D eigenvalue weighted by molar-refractivity contribution is -0.116. The first-order chi connectivity index (χ1) is 13.4. The van der Waals surface area contributed by atoms with E-state index in [0.29, 0.717) is 23.2 Å². The Labute approximate surface area is 170 Å². The molecule has 28 heavy (non-hydrogen) atoms. The summed E-state index contributed by atoms with van der Waals surface area (Å²) in [4.78, 5) is 41.6. The van der Waals surface area contributed by atoms with Crippen LogP contribution in [0, 0.1) is 4.77 Å². The topological polar surface area (TPSA) is 93.2 Å². The summed E-state index contributed by atoms with van der Waals surface area (Å²) in [5, 5.41) is 3.23. The first kappa shape index (κ1) is 20.0. The van der Waals surface area contributed by atoms with E-state index in [9.17, 15) is 14.4 Å². The van der Waals surface area contributed by atoms with Gasteiger partial charge in [-0.25, -0.2) is 4.79 Å². The molecule has 0 saturated carbocycles. The number of rotatable bonds is 6. The third-order valence-electron chi connectivity index (χ3n) is 4.05. The maximum Gasteiger partial charge on any atom is 0.338 e. The smallest absolute Gasteiger partial charge is 0.338 e. The molecule has 0 aliphatic rings. The van der Waals surface area contributed by atoms with Crippen molar-refractivity contribution in [3.63, 3.8) is 0 Å². The van der Waals surface area contributed by atoms with Gasteiger partial charge >= 0.3 is 5.97 Å². The Hall–Kier alpha value is -2.78. The molecule has 0 spiro atoms. The number of benzene rings is 1. The van der Waals surface area contributed by atoms with Gasteiger partial charge in [-0.3, -0.25) is 14.2 Å². The van der Waals surface area contributed by atoms with E-state index in [1.54, 1.807) is 31.2 Å². The molecule has 0 radical (unpaired) electrons. The number of esters is 1. The number of ether oxygens (including phenoxy) is 1. The molecule has 3 aromatic rings. The predicted octanol–water partition coefficient (Wildman–Crippen LogP) is 3.50. The quantitative estimate of drug-likeness (QED) is 0.473. The Morgan fingerprint density at radius 3 is 2.61 bits per heavy atom. The van der Waals surface area contributed by atoms with Crippen LogP contribution in [0.15, 0.2) is 35.1 Å². The minimum absolute atomic E-state index is 0.204. The van der Waals surface area contributed by atoms with Crippen molar-refractivity contribution in [3.05, 3.63) is 55.9 Å². The Morgan fingerprint density at radius 2 is 1.96 bits per heavy atom. The lowest BCUT2D eigenvalue weighted by Gasteiger charge is -2.08. The second-order valence-electron chi connectivity index (χ2n) is 5.98. The number of nitrogens with one attached hydrogen (secondary N) is 2. The average Bonchev–Trinajstić information content (AvgIpc) is 3.09. The third kappa shape index (κ3) is 4.20. The minimum Gasteiger partial charge on any atom is -0.462 e. The van der Waals surface area contributed by atoms with E-state index >= 15 is 0 Å². The van der Waals surface area contributed by atoms with E-state index in [4.69, 9.17) is 17.0 Å². The van der Waals surface area contributed by atoms with E-state index in [1.165, 1.54) is 15.9 Å². The lowest BCUT2D eigenvalue weighted by atomic mass is 10.2. The lowest BCUT2D eigenvalue weighted by Crippen LogP contribution is -2.28. The second kappa shape index (κ2) is 8.49. The van der Waals surface area contributed by atoms with Crippen LogP contribution in [0.1, 0.15) is 29.1 Å². The Kier molecular flexibility index (Phi) is 6.05. The van der Waals surface area contributed by atoms with Crippen molar-refractivity contribution in [1.82, 2.24) is 9.55 Å². The van der Waals surface area contributed by atoms with Gasteiger partial charge in [0, 0.05) is 10.6 Å². The second-order valence-corrected chi connectivity index (χ2v) is 7.50. The van der Waals surface area contributed by atoms with Gasteiger partial charge in [0.2, 0.25) is 5.91 Å². The summed E-state index contributed by atoms with van der Waals surface area (Å²) in [5.74, 6) is -0.815. The molecule has 3 rings (SSSR count). The third-order valence-corrected chi connectivity index (χ3v) is 5.57. The molecule has 146 valence electrons. The van der Waals surface area contributed by atoms with Gasteiger partial charge < -0.3 is 15.0 Å². The normalized spacial score (nSPS) is 10.8. The fourth-order valence-corrected chi connectivity index (χ4v) is 3.96. The number of hydrogen-bond donors (Lipinski definition) is 2. The summed E-state index contributed by atoms with van der Waals surface area (Å²) in [5.41, 5.74) is 0.613. The maximum absolute atomic E-state index is 12.7. The van der Waals surface area contributed by atoms with E-state index < -0.39 is 11.9 Å². The highest BCUT2D eigenvalue weighted by molar-refractivity contribution is 7.71. The van der Waals surface area contributed by atoms with Gasteiger partial charge in [0.05, 0.1) is 17.6 Å². The molecule has 2 aromatic heterocycles. The number of carbonyl (C=O) groups excluding carboxylic acids is 2. The van der Waals surface area contributed by atoms with Crippen molar-refractivity contribution < 1.29 is 14.3 Å². The van der Waals surface area contributed by atoms with Crippen LogP contribution < -0.4 is 10.9 Å². The van der Waals surface area contributed by atoms with Crippen molar-refractivity contribution in [3.8, 4) is 0 Å². The van der Waals surface area contributed by atoms with Crippen molar-refractivity contribution in [1.29, 1.82) is 0 Å². The molecule has 0 bridgehead atoms. The molecular weight excluding hydrogens is 398 g/mol. The van der Waals surface area contributed by atoms with Gasteiger partial charge in [-0.15, -0.1) is 11.3 Å². The fourth-order valence-electron chi connectivity index (χ4n) is 2.66. The van der Waals surface area contributed by atoms with E-state index in [0.717, 1.165) is 16.1 Å². The Morgan fingerprint density at radius 1 is 1.25 bits per heavy atom. The standard InChI is InChI=1S/C19H19N3O4S2/c1-3-13-9-14-16(28-13)21-19(27)22(17(14)24)10-15(23)20-12-7-5-11(6-8-12)18(25)26-4-2/h5-9H,3-4,10H2,1-2H3,(H,20,23)(H,21,27). The van der Waals surface area contributed by atoms with Crippen LogP contribution in [0.5, 0.6) is 0 Å². The number of anilines is 1. The number of carbonyl (C=O) groups is 2. The summed E-state index contributed by atoms with van der Waals surface area (Å²) >= 11 is 6.74. The largest absolute Gasteiger partial charge is 0.462 e. The monoisotopic (exact) mass is 417 g/mol. The highest BCUT2D eigenvalue weighted by atomic mass is 32.1. The predicted molar refractivity (Wildman–Crippen MR) is 112 cm³/mol. The molecule has 1 aromatic carbocycles. The molecule has 0 aliphatic carbocycles. The van der Waals surface area contributed by atoms with Gasteiger partial charge in [0.25, 0.3) is 5.56 Å². The maximum atomic E-state index is 12.7. The molecule has 0 fully saturated rings. The number of nitrogens with zero attached hydrogens (tertiary/aromatic N) is 1. The van der Waals surface area contributed by atoms with E-state index in [-0.39, 0.29) is 16.9 Å². The summed E-state index contributed by atoms with van der Waals surface area (Å²) < 4.78 is 6.37. The zero-order valence-electron chi connectivity index (χ0n) is 15.4. The molecule has 1 amide bonds. The first-order valence-electron chi connectivity index (χ1n) is 8.75. The zero-order valence-corrected chi connectivity index (χ0v) is 17.0. The fraction of sp³-hybridized carbons (Fsp3) is 0.263. The average molecular weight is 418 g/mol. The van der Waals surface area contributed by atoms with Crippen molar-refractivity contribution in [2.75, 3.05) is 11.9 Å². The van der Waals surface area contributed by atoms with Gasteiger partial charge in [-0.1, -0.05) is 6.92 Å². The molecule has 2 N–H and O–H groups in total. The molecule has 2 heterocycles. The van der Waals surface area contributed by atoms with Gasteiger partial charge in [-0.05, 0) is 55.9 Å². The first-order valence-corrected chi connectivity index (χ1v) is 9.98. The van der Waals surface area contributed by atoms with E-state index in [1.807, 2.05) is 13.0 Å². The van der Waals surface area contributed by atoms with Crippen LogP contribution in [0.4, 0.5) is 5.69 Å². The number of fused-ring (bicyclic) bond motifs is 1. The molecular formula is C19H19N3O4S2. The van der Waals surface area contributed by atoms with E-state index in [2.05, 4.69) is 10.3 Å². The minimum atomic E-state index is -0.422. The molecule has 0 unspecified atom stereocenters. The zero-order chi connectivity index (χ0) is 20.3. The number of thiophene rings is 1. The summed E-state index contributed by atoms with van der Waals surface area (Å²) in [6.07, 6.45) is 0.821. The Bertz CT molecular complexity index is 1140. The number of H-pyrrole nitrogens is 1. The molecule has 0 atom stereocenters. The van der Waals surface area contributed by atoms with Crippen LogP contribution in [-0.4, -0.2) is 28.0 Å². The van der Waals surface area contributed by atoms with Gasteiger partial charge in [-0.2, -0.15) is 0 Å². The summed E-state index contributed by atoms with van der Waals surface area (Å²) in [6, 6.07) is 8.16. The molecule has 9 heteroatoms. The van der Waals surface area contributed by atoms with Crippen LogP contribution >= 0.6 is 23.6 Å². The summed E-state index contributed by atoms with van der Waals surface area (Å²) in [7, 11) is 0. The molecule has 7 nitrogen and oxygen atoms in total. The highest BCUT2D eigenvalue weighted by Gasteiger charge is 2.13. The number of aryl methyl sites for hydroxylation is 1. The van der Waals surface area contributed by atoms with Crippen LogP contribution in [-0.2, 0) is 22.5 Å². The van der Waals surface area contributed by atoms with Crippen molar-refractivity contribution in [2.24, 2.45) is 0 Å². The highest BCUT2D eigenvalue weighted by Crippen LogP contribution is 2.21. The number of hydrogen-bond acceptors (Lipinski definition) is 6. The van der Waals surface area contributed by atoms with Gasteiger partial charge in [0.1, 0.15) is 11.4 Å². The van der Waals surface area contributed by atoms with Gasteiger partial charge in [0.15, 0.2) is 4.77 Å². The molecule has 0 saturated heterocycles. The SMILES string of the molecule is CCOC(=O)c1ccc(NC(=O)Cn2c(=S)[nH]c3sc(CC)cc3c2=O)cc1. The molecule has 0 aliphatic heterocycles. The van der Waals surface area contributed by atoms with Crippen LogP contribution in [0.3, 0.4) is 0 Å². The van der Waals surface area contributed by atoms with Crippen molar-refractivity contribution >= 4 is 51.3 Å². The number of amides is 1. The number of aromatic amines is 1. The van der Waals surface area contributed by atoms with Crippen LogP contribution in [0.25, 0.3) is 10.2 Å². The number of aromatic nitrogens is 2. The van der Waals surface area contributed by atoms with Crippen molar-refractivity contribution in [2.45, 2.75) is 26.8 Å².